The summed E-state index contributed by atoms with van der Waals surface area (Å²) in [6.45, 7) is 6.53. The van der Waals surface area contributed by atoms with Crippen LogP contribution in [0.2, 0.25) is 0 Å². The Morgan fingerprint density at radius 2 is 2.03 bits per heavy atom. The number of carbonyl (C=O) groups excluding carboxylic acids is 1. The molecule has 1 aliphatic heterocycles. The van der Waals surface area contributed by atoms with Crippen LogP contribution in [-0.2, 0) is 16.1 Å². The van der Waals surface area contributed by atoms with Crippen molar-refractivity contribution in [2.45, 2.75) is 33.4 Å². The molecule has 4 rings (SSSR count). The zero-order valence-corrected chi connectivity index (χ0v) is 19.7. The molecule has 0 saturated heterocycles. The summed E-state index contributed by atoms with van der Waals surface area (Å²) in [6.07, 6.45) is 5.42. The average molecular weight is 501 g/mol. The number of rotatable bonds is 5. The van der Waals surface area contributed by atoms with Crippen LogP contribution < -0.4 is 14.9 Å². The van der Waals surface area contributed by atoms with Gasteiger partial charge in [-0.3, -0.25) is 14.0 Å². The van der Waals surface area contributed by atoms with Crippen LogP contribution in [0.3, 0.4) is 0 Å². The van der Waals surface area contributed by atoms with E-state index in [-0.39, 0.29) is 12.2 Å². The van der Waals surface area contributed by atoms with Crippen molar-refractivity contribution in [2.24, 2.45) is 4.99 Å². The summed E-state index contributed by atoms with van der Waals surface area (Å²) in [4.78, 5) is 31.4. The average Bonchev–Trinajstić information content (AvgIpc) is 3.32. The summed E-state index contributed by atoms with van der Waals surface area (Å²) in [7, 11) is 0. The molecule has 3 heterocycles. The van der Waals surface area contributed by atoms with E-state index in [1.165, 1.54) is 11.3 Å². The molecule has 0 fully saturated rings. The topological polar surface area (TPSA) is 78.5 Å². The number of esters is 1. The van der Waals surface area contributed by atoms with Gasteiger partial charge in [0.15, 0.2) is 4.80 Å². The number of nitrogens with zero attached hydrogens (tertiary/aromatic N) is 4. The molecule has 1 aliphatic rings. The second kappa shape index (κ2) is 8.76. The largest absolute Gasteiger partial charge is 0.463 e. The first-order valence-corrected chi connectivity index (χ1v) is 11.5. The molecule has 2 aromatic heterocycles. The van der Waals surface area contributed by atoms with Crippen molar-refractivity contribution in [3.05, 3.63) is 83.2 Å². The Balaban J connectivity index is 1.93. The van der Waals surface area contributed by atoms with Gasteiger partial charge < -0.3 is 4.74 Å². The van der Waals surface area contributed by atoms with Crippen LogP contribution >= 0.6 is 27.3 Å². The van der Waals surface area contributed by atoms with E-state index in [9.17, 15) is 9.59 Å². The van der Waals surface area contributed by atoms with Gasteiger partial charge in [-0.2, -0.15) is 5.10 Å². The number of allylic oxidation sites excluding steroid dienone is 1. The van der Waals surface area contributed by atoms with E-state index >= 15 is 0 Å². The summed E-state index contributed by atoms with van der Waals surface area (Å²) in [6, 6.07) is 6.97. The molecule has 0 radical (unpaired) electrons. The fraction of sp³-hybridized carbons (Fsp3) is 0.273. The van der Waals surface area contributed by atoms with Gasteiger partial charge in [-0.25, -0.2) is 9.79 Å². The molecule has 0 unspecified atom stereocenters. The number of benzene rings is 1. The maximum absolute atomic E-state index is 13.4. The van der Waals surface area contributed by atoms with Crippen molar-refractivity contribution in [1.82, 2.24) is 14.3 Å². The molecule has 1 atom stereocenters. The van der Waals surface area contributed by atoms with Crippen LogP contribution in [-0.4, -0.2) is 26.9 Å². The number of halogens is 1. The lowest BCUT2D eigenvalue weighted by molar-refractivity contribution is -0.139. The fourth-order valence-corrected chi connectivity index (χ4v) is 4.84. The first-order valence-electron chi connectivity index (χ1n) is 9.90. The molecular formula is C22H21BrN4O3S. The second-order valence-electron chi connectivity index (χ2n) is 6.98. The van der Waals surface area contributed by atoms with Crippen molar-refractivity contribution in [2.75, 3.05) is 6.61 Å². The minimum absolute atomic E-state index is 0.199. The summed E-state index contributed by atoms with van der Waals surface area (Å²) >= 11 is 4.75. The Morgan fingerprint density at radius 1 is 1.29 bits per heavy atom. The van der Waals surface area contributed by atoms with E-state index < -0.39 is 12.0 Å². The zero-order chi connectivity index (χ0) is 22.1. The third-order valence-corrected chi connectivity index (χ3v) is 6.49. The number of hydrogen-bond donors (Lipinski definition) is 0. The summed E-state index contributed by atoms with van der Waals surface area (Å²) < 4.78 is 10.1. The quantitative estimate of drug-likeness (QED) is 0.504. The van der Waals surface area contributed by atoms with Crippen LogP contribution in [0.1, 0.15) is 37.9 Å². The SMILES string of the molecule is CCOC(=O)C1=C(C)N=c2s/c(=C/c3cnn(CC)c3)c(=O)n2[C@H]1c1ccc(Br)cc1. The van der Waals surface area contributed by atoms with Gasteiger partial charge in [0.25, 0.3) is 5.56 Å². The molecule has 9 heteroatoms. The van der Waals surface area contributed by atoms with E-state index in [1.54, 1.807) is 29.3 Å². The van der Waals surface area contributed by atoms with E-state index in [1.807, 2.05) is 43.5 Å². The highest BCUT2D eigenvalue weighted by molar-refractivity contribution is 9.10. The molecule has 3 aromatic rings. The van der Waals surface area contributed by atoms with Crippen LogP contribution in [0, 0.1) is 0 Å². The first kappa shape index (κ1) is 21.5. The van der Waals surface area contributed by atoms with E-state index in [0.717, 1.165) is 22.1 Å². The summed E-state index contributed by atoms with van der Waals surface area (Å²) in [5, 5.41) is 4.26. The number of aryl methyl sites for hydroxylation is 1. The Morgan fingerprint density at radius 3 is 2.68 bits per heavy atom. The Kier molecular flexibility index (Phi) is 6.06. The summed E-state index contributed by atoms with van der Waals surface area (Å²) in [5.41, 5.74) is 2.38. The van der Waals surface area contributed by atoms with Gasteiger partial charge >= 0.3 is 5.97 Å². The van der Waals surface area contributed by atoms with Crippen molar-refractivity contribution in [3.8, 4) is 0 Å². The Hall–Kier alpha value is -2.78. The molecule has 0 amide bonds. The molecule has 31 heavy (non-hydrogen) atoms. The standard InChI is InChI=1S/C22H21BrN4O3S/c1-4-26-12-14(11-24-26)10-17-20(28)27-19(15-6-8-16(23)9-7-15)18(21(29)30-5-2)13(3)25-22(27)31-17/h6-12,19H,4-5H2,1-3H3/b17-10+/t19-/m0/s1. The molecule has 0 aliphatic carbocycles. The van der Waals surface area contributed by atoms with E-state index in [0.29, 0.717) is 20.6 Å². The van der Waals surface area contributed by atoms with Crippen molar-refractivity contribution >= 4 is 39.3 Å². The maximum Gasteiger partial charge on any atom is 0.338 e. The molecule has 7 nitrogen and oxygen atoms in total. The first-order chi connectivity index (χ1) is 14.9. The van der Waals surface area contributed by atoms with Crippen LogP contribution in [0.5, 0.6) is 0 Å². The van der Waals surface area contributed by atoms with Gasteiger partial charge in [0.2, 0.25) is 0 Å². The van der Waals surface area contributed by atoms with Crippen molar-refractivity contribution in [3.63, 3.8) is 0 Å². The molecule has 0 spiro atoms. The molecule has 0 bridgehead atoms. The zero-order valence-electron chi connectivity index (χ0n) is 17.3. The lowest BCUT2D eigenvalue weighted by atomic mass is 9.96. The van der Waals surface area contributed by atoms with Gasteiger partial charge in [-0.1, -0.05) is 39.4 Å². The number of ether oxygens (including phenoxy) is 1. The molecule has 1 aromatic carbocycles. The van der Waals surface area contributed by atoms with Gasteiger partial charge in [0.1, 0.15) is 0 Å². The number of hydrogen-bond acceptors (Lipinski definition) is 6. The molecule has 0 N–H and O–H groups in total. The smallest absolute Gasteiger partial charge is 0.338 e. The lowest BCUT2D eigenvalue weighted by Gasteiger charge is -2.24. The predicted octanol–water partition coefficient (Wildman–Crippen LogP) is 2.78. The summed E-state index contributed by atoms with van der Waals surface area (Å²) in [5.74, 6) is -0.463. The van der Waals surface area contributed by atoms with E-state index in [2.05, 4.69) is 26.0 Å². The Labute approximate surface area is 191 Å². The third kappa shape index (κ3) is 4.07. The lowest BCUT2D eigenvalue weighted by Crippen LogP contribution is -2.39. The highest BCUT2D eigenvalue weighted by Crippen LogP contribution is 2.31. The Bertz CT molecular complexity index is 1350. The second-order valence-corrected chi connectivity index (χ2v) is 8.91. The third-order valence-electron chi connectivity index (χ3n) is 4.98. The highest BCUT2D eigenvalue weighted by atomic mass is 79.9. The predicted molar refractivity (Wildman–Crippen MR) is 122 cm³/mol. The number of carbonyl (C=O) groups is 1. The van der Waals surface area contributed by atoms with Crippen molar-refractivity contribution < 1.29 is 9.53 Å². The van der Waals surface area contributed by atoms with Gasteiger partial charge in [0.05, 0.1) is 34.6 Å². The van der Waals surface area contributed by atoms with Crippen LogP contribution in [0.15, 0.2) is 62.2 Å². The van der Waals surface area contributed by atoms with Gasteiger partial charge in [0, 0.05) is 22.8 Å². The number of aromatic nitrogens is 3. The highest BCUT2D eigenvalue weighted by Gasteiger charge is 2.33. The minimum atomic E-state index is -0.607. The van der Waals surface area contributed by atoms with E-state index in [4.69, 9.17) is 4.74 Å². The molecule has 160 valence electrons. The van der Waals surface area contributed by atoms with Crippen molar-refractivity contribution in [1.29, 1.82) is 0 Å². The number of thiazole rings is 1. The number of fused-ring (bicyclic) bond motifs is 1. The normalized spacial score (nSPS) is 16.3. The maximum atomic E-state index is 13.4. The fourth-order valence-electron chi connectivity index (χ4n) is 3.53. The van der Waals surface area contributed by atoms with Crippen LogP contribution in [0.4, 0.5) is 0 Å². The van der Waals surface area contributed by atoms with Crippen LogP contribution in [0.25, 0.3) is 6.08 Å². The van der Waals surface area contributed by atoms with Gasteiger partial charge in [-0.15, -0.1) is 0 Å². The monoisotopic (exact) mass is 500 g/mol. The molecule has 0 saturated carbocycles. The van der Waals surface area contributed by atoms with Gasteiger partial charge in [-0.05, 0) is 44.5 Å². The molecular weight excluding hydrogens is 480 g/mol. The minimum Gasteiger partial charge on any atom is -0.463 e.